The van der Waals surface area contributed by atoms with Crippen LogP contribution in [0, 0.1) is 11.6 Å². The highest BCUT2D eigenvalue weighted by Crippen LogP contribution is 2.18. The molecule has 1 aromatic carbocycles. The fourth-order valence-electron chi connectivity index (χ4n) is 1.91. The topological polar surface area (TPSA) is 61.4 Å². The number of benzene rings is 1. The minimum atomic E-state index is -1.14. The monoisotopic (exact) mass is 256 g/mol. The van der Waals surface area contributed by atoms with Gasteiger partial charge in [0.2, 0.25) is 5.91 Å². The molecule has 1 aliphatic heterocycles. The van der Waals surface area contributed by atoms with Gasteiger partial charge in [0.1, 0.15) is 11.6 Å². The highest BCUT2D eigenvalue weighted by Gasteiger charge is 2.22. The molecule has 2 atom stereocenters. The number of carbonyl (C=O) groups excluding carboxylic acids is 1. The molecule has 1 heterocycles. The van der Waals surface area contributed by atoms with Crippen LogP contribution in [0.15, 0.2) is 18.2 Å². The van der Waals surface area contributed by atoms with E-state index in [-0.39, 0.29) is 24.1 Å². The fourth-order valence-corrected chi connectivity index (χ4v) is 1.91. The van der Waals surface area contributed by atoms with Gasteiger partial charge in [0, 0.05) is 31.1 Å². The van der Waals surface area contributed by atoms with Crippen molar-refractivity contribution in [3.05, 3.63) is 35.4 Å². The Morgan fingerprint density at radius 1 is 1.50 bits per heavy atom. The smallest absolute Gasteiger partial charge is 0.221 e. The van der Waals surface area contributed by atoms with E-state index in [9.17, 15) is 18.7 Å². The quantitative estimate of drug-likeness (QED) is 0.734. The molecule has 1 aromatic rings. The van der Waals surface area contributed by atoms with Crippen molar-refractivity contribution in [1.29, 1.82) is 0 Å². The van der Waals surface area contributed by atoms with Gasteiger partial charge in [-0.15, -0.1) is 0 Å². The standard InChI is InChI=1S/C12H14F2N2O2/c13-7-1-2-10(14)9(3-7)11(17)6-15-8-4-12(18)16-5-8/h1-3,8,11,15,17H,4-6H2,(H,16,18). The molecule has 98 valence electrons. The van der Waals surface area contributed by atoms with E-state index in [1.165, 1.54) is 0 Å². The van der Waals surface area contributed by atoms with Gasteiger partial charge >= 0.3 is 0 Å². The average molecular weight is 256 g/mol. The molecule has 0 bridgehead atoms. The predicted molar refractivity (Wildman–Crippen MR) is 60.7 cm³/mol. The predicted octanol–water partition coefficient (Wildman–Crippen LogP) is 0.476. The molecule has 0 spiro atoms. The summed E-state index contributed by atoms with van der Waals surface area (Å²) in [6.07, 6.45) is -0.811. The second kappa shape index (κ2) is 5.41. The summed E-state index contributed by atoms with van der Waals surface area (Å²) in [5.41, 5.74) is -0.0835. The molecule has 1 fully saturated rings. The van der Waals surface area contributed by atoms with Crippen molar-refractivity contribution in [3.8, 4) is 0 Å². The second-order valence-corrected chi connectivity index (χ2v) is 4.30. The van der Waals surface area contributed by atoms with Gasteiger partial charge in [-0.2, -0.15) is 0 Å². The fraction of sp³-hybridized carbons (Fsp3) is 0.417. The number of hydrogen-bond acceptors (Lipinski definition) is 3. The Labute approximate surface area is 103 Å². The highest BCUT2D eigenvalue weighted by molar-refractivity contribution is 5.78. The van der Waals surface area contributed by atoms with E-state index in [0.29, 0.717) is 13.0 Å². The number of rotatable bonds is 4. The first-order chi connectivity index (χ1) is 8.56. The summed E-state index contributed by atoms with van der Waals surface area (Å²) in [5.74, 6) is -1.30. The molecular weight excluding hydrogens is 242 g/mol. The first kappa shape index (κ1) is 12.9. The molecule has 1 amide bonds. The molecule has 0 aliphatic carbocycles. The largest absolute Gasteiger partial charge is 0.387 e. The molecule has 1 aliphatic rings. The Hall–Kier alpha value is -1.53. The van der Waals surface area contributed by atoms with E-state index in [4.69, 9.17) is 0 Å². The summed E-state index contributed by atoms with van der Waals surface area (Å²) in [7, 11) is 0. The van der Waals surface area contributed by atoms with Crippen LogP contribution >= 0.6 is 0 Å². The summed E-state index contributed by atoms with van der Waals surface area (Å²) >= 11 is 0. The Balaban J connectivity index is 1.93. The van der Waals surface area contributed by atoms with Gasteiger partial charge < -0.3 is 15.7 Å². The van der Waals surface area contributed by atoms with Crippen molar-refractivity contribution >= 4 is 5.91 Å². The number of amides is 1. The third-order valence-electron chi connectivity index (χ3n) is 2.89. The molecule has 6 heteroatoms. The van der Waals surface area contributed by atoms with Gasteiger partial charge in [-0.25, -0.2) is 8.78 Å². The van der Waals surface area contributed by atoms with Crippen LogP contribution in [-0.4, -0.2) is 30.1 Å². The third kappa shape index (κ3) is 3.02. The van der Waals surface area contributed by atoms with Crippen LogP contribution in [0.4, 0.5) is 8.78 Å². The van der Waals surface area contributed by atoms with Gasteiger partial charge in [0.25, 0.3) is 0 Å². The Kier molecular flexibility index (Phi) is 3.88. The molecule has 0 radical (unpaired) electrons. The van der Waals surface area contributed by atoms with Gasteiger partial charge in [-0.3, -0.25) is 4.79 Å². The van der Waals surface area contributed by atoms with Crippen LogP contribution in [0.1, 0.15) is 18.1 Å². The number of aliphatic hydroxyl groups is 1. The van der Waals surface area contributed by atoms with E-state index in [0.717, 1.165) is 18.2 Å². The molecule has 1 saturated heterocycles. The summed E-state index contributed by atoms with van der Waals surface area (Å²) < 4.78 is 26.3. The normalized spacial score (nSPS) is 20.8. The summed E-state index contributed by atoms with van der Waals surface area (Å²) in [4.78, 5) is 10.9. The summed E-state index contributed by atoms with van der Waals surface area (Å²) in [5, 5.41) is 15.3. The first-order valence-corrected chi connectivity index (χ1v) is 5.69. The van der Waals surface area contributed by atoms with E-state index < -0.39 is 17.7 Å². The zero-order chi connectivity index (χ0) is 13.1. The Bertz CT molecular complexity index is 454. The number of aliphatic hydroxyl groups excluding tert-OH is 1. The van der Waals surface area contributed by atoms with Crippen molar-refractivity contribution in [1.82, 2.24) is 10.6 Å². The van der Waals surface area contributed by atoms with Crippen molar-refractivity contribution in [3.63, 3.8) is 0 Å². The van der Waals surface area contributed by atoms with E-state index in [1.54, 1.807) is 0 Å². The lowest BCUT2D eigenvalue weighted by Crippen LogP contribution is -2.34. The Morgan fingerprint density at radius 3 is 2.94 bits per heavy atom. The van der Waals surface area contributed by atoms with E-state index in [2.05, 4.69) is 10.6 Å². The highest BCUT2D eigenvalue weighted by atomic mass is 19.1. The SMILES string of the molecule is O=C1CC(NCC(O)c2cc(F)ccc2F)CN1. The van der Waals surface area contributed by atoms with Crippen molar-refractivity contribution < 1.29 is 18.7 Å². The van der Waals surface area contributed by atoms with Crippen molar-refractivity contribution in [2.75, 3.05) is 13.1 Å². The molecule has 0 aromatic heterocycles. The minimum absolute atomic E-state index is 0.0566. The minimum Gasteiger partial charge on any atom is -0.387 e. The number of halogens is 2. The second-order valence-electron chi connectivity index (χ2n) is 4.30. The molecule has 3 N–H and O–H groups in total. The lowest BCUT2D eigenvalue weighted by molar-refractivity contribution is -0.119. The maximum atomic E-state index is 13.4. The molecule has 18 heavy (non-hydrogen) atoms. The number of nitrogens with one attached hydrogen (secondary N) is 2. The van der Waals surface area contributed by atoms with Gasteiger partial charge in [0.15, 0.2) is 0 Å². The van der Waals surface area contributed by atoms with Gasteiger partial charge in [-0.05, 0) is 18.2 Å². The van der Waals surface area contributed by atoms with E-state index >= 15 is 0 Å². The zero-order valence-electron chi connectivity index (χ0n) is 9.62. The van der Waals surface area contributed by atoms with Crippen molar-refractivity contribution in [2.45, 2.75) is 18.6 Å². The molecule has 2 unspecified atom stereocenters. The third-order valence-corrected chi connectivity index (χ3v) is 2.89. The van der Waals surface area contributed by atoms with E-state index in [1.807, 2.05) is 0 Å². The maximum Gasteiger partial charge on any atom is 0.221 e. The van der Waals surface area contributed by atoms with Crippen molar-refractivity contribution in [2.24, 2.45) is 0 Å². The molecule has 4 nitrogen and oxygen atoms in total. The first-order valence-electron chi connectivity index (χ1n) is 5.69. The van der Waals surface area contributed by atoms with Gasteiger partial charge in [-0.1, -0.05) is 0 Å². The van der Waals surface area contributed by atoms with Crippen LogP contribution in [0.3, 0.4) is 0 Å². The number of carbonyl (C=O) groups is 1. The number of hydrogen-bond donors (Lipinski definition) is 3. The van der Waals surface area contributed by atoms with Crippen LogP contribution in [0.2, 0.25) is 0 Å². The average Bonchev–Trinajstić information content (AvgIpc) is 2.75. The summed E-state index contributed by atoms with van der Waals surface area (Å²) in [6, 6.07) is 2.87. The molecule has 2 rings (SSSR count). The lowest BCUT2D eigenvalue weighted by atomic mass is 10.1. The van der Waals surface area contributed by atoms with Crippen LogP contribution in [-0.2, 0) is 4.79 Å². The van der Waals surface area contributed by atoms with Crippen LogP contribution in [0.5, 0.6) is 0 Å². The Morgan fingerprint density at radius 2 is 2.28 bits per heavy atom. The zero-order valence-corrected chi connectivity index (χ0v) is 9.62. The van der Waals surface area contributed by atoms with Crippen LogP contribution in [0.25, 0.3) is 0 Å². The molecule has 0 saturated carbocycles. The molecular formula is C12H14F2N2O2. The maximum absolute atomic E-state index is 13.4. The summed E-state index contributed by atoms with van der Waals surface area (Å²) in [6.45, 7) is 0.553. The van der Waals surface area contributed by atoms with Crippen LogP contribution < -0.4 is 10.6 Å². The van der Waals surface area contributed by atoms with Gasteiger partial charge in [0.05, 0.1) is 6.10 Å². The lowest BCUT2D eigenvalue weighted by Gasteiger charge is -2.16.